The molecule has 0 aliphatic carbocycles. The average molecular weight is 304 g/mol. The largest absolute Gasteiger partial charge is 0.298 e. The van der Waals surface area contributed by atoms with Gasteiger partial charge in [0.1, 0.15) is 5.78 Å². The fourth-order valence-corrected chi connectivity index (χ4v) is 2.36. The highest BCUT2D eigenvalue weighted by atomic mass is 79.9. The molecule has 0 saturated carbocycles. The molecule has 16 heavy (non-hydrogen) atoms. The maximum atomic E-state index is 11.7. The lowest BCUT2D eigenvalue weighted by Crippen LogP contribution is -2.16. The molecule has 0 spiro atoms. The summed E-state index contributed by atoms with van der Waals surface area (Å²) in [6, 6.07) is 5.82. The van der Waals surface area contributed by atoms with E-state index >= 15 is 0 Å². The summed E-state index contributed by atoms with van der Waals surface area (Å²) in [5.41, 5.74) is 2.21. The van der Waals surface area contributed by atoms with Crippen molar-refractivity contribution in [3.05, 3.63) is 34.3 Å². The van der Waals surface area contributed by atoms with Gasteiger partial charge in [-0.25, -0.2) is 0 Å². The van der Waals surface area contributed by atoms with Crippen LogP contribution >= 0.6 is 27.5 Å². The predicted molar refractivity (Wildman–Crippen MR) is 72.5 cm³/mol. The molecule has 0 N–H and O–H groups in total. The second-order valence-corrected chi connectivity index (χ2v) is 5.42. The first kappa shape index (κ1) is 13.7. The summed E-state index contributed by atoms with van der Waals surface area (Å²) in [4.78, 5) is 11.6. The molecule has 1 rings (SSSR count). The molecule has 0 bridgehead atoms. The number of alkyl halides is 1. The van der Waals surface area contributed by atoms with E-state index in [2.05, 4.69) is 15.9 Å². The molecule has 1 unspecified atom stereocenters. The van der Waals surface area contributed by atoms with E-state index in [9.17, 15) is 4.79 Å². The third kappa shape index (κ3) is 3.60. The molecule has 3 heteroatoms. The molecule has 0 aliphatic heterocycles. The fourth-order valence-electron chi connectivity index (χ4n) is 1.58. The van der Waals surface area contributed by atoms with Gasteiger partial charge in [-0.05, 0) is 37.0 Å². The lowest BCUT2D eigenvalue weighted by atomic mass is 10.0. The van der Waals surface area contributed by atoms with Crippen LogP contribution in [0.5, 0.6) is 0 Å². The van der Waals surface area contributed by atoms with Crippen LogP contribution < -0.4 is 0 Å². The normalized spacial score (nSPS) is 12.5. The molecule has 0 aromatic heterocycles. The van der Waals surface area contributed by atoms with E-state index in [1.807, 2.05) is 32.0 Å². The number of rotatable bonds is 5. The third-order valence-corrected chi connectivity index (χ3v) is 3.87. The number of Topliss-reactive ketones (excluding diaryl/α,β-unsaturated/α-hetero) is 1. The van der Waals surface area contributed by atoms with Crippen molar-refractivity contribution in [3.63, 3.8) is 0 Å². The maximum absolute atomic E-state index is 11.7. The number of benzene rings is 1. The number of halogens is 2. The SMILES string of the molecule is CCCC(=O)C(Br)Cc1cccc(Cl)c1C. The van der Waals surface area contributed by atoms with Crippen LogP contribution in [0.15, 0.2) is 18.2 Å². The first-order valence-corrected chi connectivity index (χ1v) is 6.76. The molecule has 0 aliphatic rings. The zero-order valence-corrected chi connectivity index (χ0v) is 11.9. The summed E-state index contributed by atoms with van der Waals surface area (Å²) < 4.78 is 0. The lowest BCUT2D eigenvalue weighted by Gasteiger charge is -2.11. The van der Waals surface area contributed by atoms with Crippen molar-refractivity contribution in [3.8, 4) is 0 Å². The summed E-state index contributed by atoms with van der Waals surface area (Å²) in [6.07, 6.45) is 2.25. The van der Waals surface area contributed by atoms with Gasteiger partial charge in [0.25, 0.3) is 0 Å². The van der Waals surface area contributed by atoms with Crippen molar-refractivity contribution in [2.75, 3.05) is 0 Å². The van der Waals surface area contributed by atoms with Crippen LogP contribution in [0.4, 0.5) is 0 Å². The number of hydrogen-bond donors (Lipinski definition) is 0. The van der Waals surface area contributed by atoms with Crippen LogP contribution in [0, 0.1) is 6.92 Å². The lowest BCUT2D eigenvalue weighted by molar-refractivity contribution is -0.118. The molecule has 0 amide bonds. The van der Waals surface area contributed by atoms with E-state index in [4.69, 9.17) is 11.6 Å². The molecule has 1 nitrogen and oxygen atoms in total. The van der Waals surface area contributed by atoms with Crippen LogP contribution in [-0.2, 0) is 11.2 Å². The Morgan fingerprint density at radius 1 is 1.50 bits per heavy atom. The van der Waals surface area contributed by atoms with Crippen LogP contribution in [0.25, 0.3) is 0 Å². The summed E-state index contributed by atoms with van der Waals surface area (Å²) >= 11 is 9.48. The van der Waals surface area contributed by atoms with Crippen LogP contribution in [0.3, 0.4) is 0 Å². The minimum atomic E-state index is -0.0929. The highest BCUT2D eigenvalue weighted by molar-refractivity contribution is 9.10. The molecular weight excluding hydrogens is 287 g/mol. The summed E-state index contributed by atoms with van der Waals surface area (Å²) in [7, 11) is 0. The van der Waals surface area contributed by atoms with Gasteiger partial charge in [0.05, 0.1) is 4.83 Å². The Kier molecular flexibility index (Phi) is 5.50. The monoisotopic (exact) mass is 302 g/mol. The highest BCUT2D eigenvalue weighted by Gasteiger charge is 2.15. The molecule has 0 heterocycles. The zero-order chi connectivity index (χ0) is 12.1. The number of carbonyl (C=O) groups excluding carboxylic acids is 1. The van der Waals surface area contributed by atoms with Crippen molar-refractivity contribution in [2.45, 2.75) is 37.9 Å². The van der Waals surface area contributed by atoms with Crippen LogP contribution in [0.1, 0.15) is 30.9 Å². The third-order valence-electron chi connectivity index (χ3n) is 2.62. The zero-order valence-electron chi connectivity index (χ0n) is 9.59. The van der Waals surface area contributed by atoms with Crippen molar-refractivity contribution < 1.29 is 4.79 Å². The van der Waals surface area contributed by atoms with Gasteiger partial charge in [-0.3, -0.25) is 4.79 Å². The van der Waals surface area contributed by atoms with Gasteiger partial charge in [0, 0.05) is 11.4 Å². The number of hydrogen-bond acceptors (Lipinski definition) is 1. The Morgan fingerprint density at radius 3 is 2.81 bits per heavy atom. The molecule has 1 aromatic carbocycles. The van der Waals surface area contributed by atoms with Crippen LogP contribution in [-0.4, -0.2) is 10.6 Å². The van der Waals surface area contributed by atoms with Gasteiger partial charge in [-0.2, -0.15) is 0 Å². The summed E-state index contributed by atoms with van der Waals surface area (Å²) in [6.45, 7) is 4.00. The van der Waals surface area contributed by atoms with E-state index in [-0.39, 0.29) is 10.6 Å². The van der Waals surface area contributed by atoms with Crippen molar-refractivity contribution in [1.82, 2.24) is 0 Å². The molecular formula is C13H16BrClO. The van der Waals surface area contributed by atoms with E-state index in [1.165, 1.54) is 0 Å². The smallest absolute Gasteiger partial charge is 0.146 e. The van der Waals surface area contributed by atoms with E-state index in [1.54, 1.807) is 0 Å². The van der Waals surface area contributed by atoms with Gasteiger partial charge in [-0.1, -0.05) is 46.6 Å². The maximum Gasteiger partial charge on any atom is 0.146 e. The van der Waals surface area contributed by atoms with E-state index in [0.29, 0.717) is 12.8 Å². The fraction of sp³-hybridized carbons (Fsp3) is 0.462. The number of carbonyl (C=O) groups is 1. The first-order chi connectivity index (χ1) is 7.56. The number of ketones is 1. The van der Waals surface area contributed by atoms with Crippen molar-refractivity contribution in [1.29, 1.82) is 0 Å². The Labute approximate surface area is 110 Å². The second kappa shape index (κ2) is 6.41. The predicted octanol–water partition coefficient (Wildman–Crippen LogP) is 4.32. The Bertz CT molecular complexity index is 376. The standard InChI is InChI=1S/C13H16BrClO/c1-3-5-13(16)11(14)8-10-6-4-7-12(15)9(10)2/h4,6-7,11H,3,5,8H2,1-2H3. The Balaban J connectivity index is 2.73. The van der Waals surface area contributed by atoms with Gasteiger partial charge in [-0.15, -0.1) is 0 Å². The first-order valence-electron chi connectivity index (χ1n) is 5.47. The molecule has 1 aromatic rings. The molecule has 1 atom stereocenters. The quantitative estimate of drug-likeness (QED) is 0.740. The minimum Gasteiger partial charge on any atom is -0.298 e. The van der Waals surface area contributed by atoms with Crippen molar-refractivity contribution in [2.24, 2.45) is 0 Å². The molecule has 88 valence electrons. The Morgan fingerprint density at radius 2 is 2.19 bits per heavy atom. The molecule has 0 saturated heterocycles. The minimum absolute atomic E-state index is 0.0929. The second-order valence-electron chi connectivity index (χ2n) is 3.91. The summed E-state index contributed by atoms with van der Waals surface area (Å²) in [5.74, 6) is 0.266. The summed E-state index contributed by atoms with van der Waals surface area (Å²) in [5, 5.41) is 0.764. The van der Waals surface area contributed by atoms with Crippen molar-refractivity contribution >= 4 is 33.3 Å². The molecule has 0 radical (unpaired) electrons. The van der Waals surface area contributed by atoms with Gasteiger partial charge < -0.3 is 0 Å². The Hall–Kier alpha value is -0.340. The molecule has 0 fully saturated rings. The van der Waals surface area contributed by atoms with Crippen LogP contribution in [0.2, 0.25) is 5.02 Å². The topological polar surface area (TPSA) is 17.1 Å². The van der Waals surface area contributed by atoms with Gasteiger partial charge in [0.2, 0.25) is 0 Å². The van der Waals surface area contributed by atoms with E-state index in [0.717, 1.165) is 22.6 Å². The highest BCUT2D eigenvalue weighted by Crippen LogP contribution is 2.22. The van der Waals surface area contributed by atoms with E-state index < -0.39 is 0 Å². The average Bonchev–Trinajstić information content (AvgIpc) is 2.25. The van der Waals surface area contributed by atoms with Gasteiger partial charge >= 0.3 is 0 Å². The van der Waals surface area contributed by atoms with Gasteiger partial charge in [0.15, 0.2) is 0 Å².